The average Bonchev–Trinajstić information content (AvgIpc) is 3.08. The first-order valence-corrected chi connectivity index (χ1v) is 8.65. The molecule has 3 rings (SSSR count). The molecule has 2 aliphatic rings. The van der Waals surface area contributed by atoms with E-state index < -0.39 is 0 Å². The first-order chi connectivity index (χ1) is 10.8. The number of fused-ring (bicyclic) bond motifs is 1. The number of anilines is 1. The van der Waals surface area contributed by atoms with Crippen molar-refractivity contribution in [3.05, 3.63) is 17.5 Å². The smallest absolute Gasteiger partial charge is 0.225 e. The second kappa shape index (κ2) is 7.07. The normalized spacial score (nSPS) is 20.8. The van der Waals surface area contributed by atoms with Crippen LogP contribution in [-0.4, -0.2) is 35.5 Å². The number of amides is 1. The van der Waals surface area contributed by atoms with Crippen molar-refractivity contribution in [1.29, 1.82) is 0 Å². The standard InChI is InChI=1S/C17H26N4O/c1-2-3-8-18-16(22)13-6-7-15-14(11-13)12-19-17(20-15)21-9-4-5-10-21/h12-13H,2-11H2,1H3,(H,18,22). The van der Waals surface area contributed by atoms with Crippen LogP contribution < -0.4 is 10.2 Å². The number of aryl methyl sites for hydroxylation is 1. The lowest BCUT2D eigenvalue weighted by atomic mass is 9.86. The number of rotatable bonds is 5. The summed E-state index contributed by atoms with van der Waals surface area (Å²) >= 11 is 0. The van der Waals surface area contributed by atoms with E-state index in [2.05, 4.69) is 22.1 Å². The summed E-state index contributed by atoms with van der Waals surface area (Å²) < 4.78 is 0. The summed E-state index contributed by atoms with van der Waals surface area (Å²) in [7, 11) is 0. The molecule has 0 saturated carbocycles. The van der Waals surface area contributed by atoms with Gasteiger partial charge in [-0.2, -0.15) is 0 Å². The summed E-state index contributed by atoms with van der Waals surface area (Å²) in [6.07, 6.45) is 9.17. The molecule has 1 atom stereocenters. The summed E-state index contributed by atoms with van der Waals surface area (Å²) in [5, 5.41) is 3.05. The molecular formula is C17H26N4O. The van der Waals surface area contributed by atoms with Gasteiger partial charge in [0.25, 0.3) is 0 Å². The van der Waals surface area contributed by atoms with E-state index in [0.717, 1.165) is 68.9 Å². The third-order valence-electron chi connectivity index (χ3n) is 4.73. The highest BCUT2D eigenvalue weighted by Crippen LogP contribution is 2.26. The Hall–Kier alpha value is -1.65. The molecule has 1 aliphatic heterocycles. The Balaban J connectivity index is 1.62. The zero-order chi connectivity index (χ0) is 15.4. The van der Waals surface area contributed by atoms with Crippen molar-refractivity contribution in [3.8, 4) is 0 Å². The molecule has 0 bridgehead atoms. The largest absolute Gasteiger partial charge is 0.356 e. The fraction of sp³-hybridized carbons (Fsp3) is 0.706. The van der Waals surface area contributed by atoms with E-state index in [1.807, 2.05) is 6.20 Å². The van der Waals surface area contributed by atoms with Gasteiger partial charge in [-0.1, -0.05) is 13.3 Å². The van der Waals surface area contributed by atoms with Crippen LogP contribution >= 0.6 is 0 Å². The van der Waals surface area contributed by atoms with Crippen LogP contribution in [0.4, 0.5) is 5.95 Å². The number of unbranched alkanes of at least 4 members (excludes halogenated alkanes) is 1. The molecule has 22 heavy (non-hydrogen) atoms. The lowest BCUT2D eigenvalue weighted by molar-refractivity contribution is -0.125. The van der Waals surface area contributed by atoms with Crippen LogP contribution in [0.3, 0.4) is 0 Å². The van der Waals surface area contributed by atoms with Gasteiger partial charge in [-0.05, 0) is 44.1 Å². The van der Waals surface area contributed by atoms with Crippen LogP contribution in [0.5, 0.6) is 0 Å². The van der Waals surface area contributed by atoms with Crippen LogP contribution in [0.25, 0.3) is 0 Å². The van der Waals surface area contributed by atoms with E-state index in [0.29, 0.717) is 0 Å². The zero-order valence-corrected chi connectivity index (χ0v) is 13.5. The molecule has 2 heterocycles. The highest BCUT2D eigenvalue weighted by molar-refractivity contribution is 5.79. The van der Waals surface area contributed by atoms with Gasteiger partial charge in [0.2, 0.25) is 11.9 Å². The quantitative estimate of drug-likeness (QED) is 0.846. The van der Waals surface area contributed by atoms with Crippen LogP contribution in [0.1, 0.15) is 50.3 Å². The van der Waals surface area contributed by atoms with Gasteiger partial charge in [-0.3, -0.25) is 4.79 Å². The van der Waals surface area contributed by atoms with Gasteiger partial charge in [0.05, 0.1) is 0 Å². The molecular weight excluding hydrogens is 276 g/mol. The van der Waals surface area contributed by atoms with E-state index in [9.17, 15) is 4.79 Å². The average molecular weight is 302 g/mol. The molecule has 1 amide bonds. The van der Waals surface area contributed by atoms with E-state index >= 15 is 0 Å². The molecule has 0 radical (unpaired) electrons. The number of carbonyl (C=O) groups excluding carboxylic acids is 1. The first-order valence-electron chi connectivity index (χ1n) is 8.65. The first kappa shape index (κ1) is 15.3. The topological polar surface area (TPSA) is 58.1 Å². The Labute approximate surface area is 132 Å². The molecule has 120 valence electrons. The van der Waals surface area contributed by atoms with Gasteiger partial charge in [0.15, 0.2) is 0 Å². The fourth-order valence-electron chi connectivity index (χ4n) is 3.32. The minimum Gasteiger partial charge on any atom is -0.356 e. The number of aromatic nitrogens is 2. The highest BCUT2D eigenvalue weighted by Gasteiger charge is 2.26. The van der Waals surface area contributed by atoms with Crippen LogP contribution in [0.15, 0.2) is 6.20 Å². The SMILES string of the molecule is CCCCNC(=O)C1CCc2nc(N3CCCC3)ncc2C1. The summed E-state index contributed by atoms with van der Waals surface area (Å²) in [6, 6.07) is 0. The Morgan fingerprint density at radius 3 is 3.00 bits per heavy atom. The maximum atomic E-state index is 12.2. The van der Waals surface area contributed by atoms with Crippen molar-refractivity contribution in [2.24, 2.45) is 5.92 Å². The van der Waals surface area contributed by atoms with E-state index in [1.165, 1.54) is 12.8 Å². The van der Waals surface area contributed by atoms with Crippen molar-refractivity contribution in [2.45, 2.75) is 51.9 Å². The van der Waals surface area contributed by atoms with Gasteiger partial charge < -0.3 is 10.2 Å². The number of hydrogen-bond donors (Lipinski definition) is 1. The Bertz CT molecular complexity index is 525. The Kier molecular flexibility index (Phi) is 4.90. The molecule has 1 aromatic rings. The molecule has 1 fully saturated rings. The maximum absolute atomic E-state index is 12.2. The molecule has 1 aromatic heterocycles. The summed E-state index contributed by atoms with van der Waals surface area (Å²) in [4.78, 5) is 23.7. The van der Waals surface area contributed by atoms with Crippen molar-refractivity contribution in [3.63, 3.8) is 0 Å². The summed E-state index contributed by atoms with van der Waals surface area (Å²) in [6.45, 7) is 5.07. The molecule has 0 aromatic carbocycles. The maximum Gasteiger partial charge on any atom is 0.225 e. The number of carbonyl (C=O) groups is 1. The number of nitrogens with zero attached hydrogens (tertiary/aromatic N) is 3. The molecule has 1 aliphatic carbocycles. The zero-order valence-electron chi connectivity index (χ0n) is 13.5. The predicted molar refractivity (Wildman–Crippen MR) is 86.9 cm³/mol. The molecule has 1 saturated heterocycles. The second-order valence-corrected chi connectivity index (χ2v) is 6.42. The molecule has 1 N–H and O–H groups in total. The van der Waals surface area contributed by atoms with Gasteiger partial charge in [0.1, 0.15) is 0 Å². The third kappa shape index (κ3) is 3.39. The van der Waals surface area contributed by atoms with Gasteiger partial charge in [-0.25, -0.2) is 9.97 Å². The van der Waals surface area contributed by atoms with E-state index in [1.54, 1.807) is 0 Å². The van der Waals surface area contributed by atoms with Crippen molar-refractivity contribution in [1.82, 2.24) is 15.3 Å². The van der Waals surface area contributed by atoms with Crippen LogP contribution in [0.2, 0.25) is 0 Å². The molecule has 0 spiro atoms. The number of hydrogen-bond acceptors (Lipinski definition) is 4. The minimum atomic E-state index is 0.0885. The monoisotopic (exact) mass is 302 g/mol. The minimum absolute atomic E-state index is 0.0885. The number of nitrogens with one attached hydrogen (secondary N) is 1. The van der Waals surface area contributed by atoms with Gasteiger partial charge in [-0.15, -0.1) is 0 Å². The summed E-state index contributed by atoms with van der Waals surface area (Å²) in [5.74, 6) is 1.16. The fourth-order valence-corrected chi connectivity index (χ4v) is 3.32. The molecule has 5 heteroatoms. The second-order valence-electron chi connectivity index (χ2n) is 6.42. The van der Waals surface area contributed by atoms with E-state index in [-0.39, 0.29) is 11.8 Å². The van der Waals surface area contributed by atoms with Gasteiger partial charge >= 0.3 is 0 Å². The van der Waals surface area contributed by atoms with Gasteiger partial charge in [0, 0.05) is 37.4 Å². The van der Waals surface area contributed by atoms with Crippen LogP contribution in [0, 0.1) is 5.92 Å². The van der Waals surface area contributed by atoms with E-state index in [4.69, 9.17) is 4.98 Å². The third-order valence-corrected chi connectivity index (χ3v) is 4.73. The highest BCUT2D eigenvalue weighted by atomic mass is 16.1. The Morgan fingerprint density at radius 2 is 2.23 bits per heavy atom. The Morgan fingerprint density at radius 1 is 1.41 bits per heavy atom. The predicted octanol–water partition coefficient (Wildman–Crippen LogP) is 2.10. The van der Waals surface area contributed by atoms with Crippen molar-refractivity contribution < 1.29 is 4.79 Å². The summed E-state index contributed by atoms with van der Waals surface area (Å²) in [5.41, 5.74) is 2.30. The lowest BCUT2D eigenvalue weighted by Gasteiger charge is -2.24. The molecule has 1 unspecified atom stereocenters. The lowest BCUT2D eigenvalue weighted by Crippen LogP contribution is -2.35. The van der Waals surface area contributed by atoms with Crippen molar-refractivity contribution >= 4 is 11.9 Å². The van der Waals surface area contributed by atoms with Crippen LogP contribution in [-0.2, 0) is 17.6 Å². The molecule has 5 nitrogen and oxygen atoms in total. The van der Waals surface area contributed by atoms with Crippen molar-refractivity contribution in [2.75, 3.05) is 24.5 Å².